The Morgan fingerprint density at radius 3 is 2.63 bits per heavy atom. The summed E-state index contributed by atoms with van der Waals surface area (Å²) >= 11 is 0. The molecule has 1 saturated heterocycles. The summed E-state index contributed by atoms with van der Waals surface area (Å²) in [5, 5.41) is 0. The fourth-order valence-corrected chi connectivity index (χ4v) is 2.73. The van der Waals surface area contributed by atoms with Crippen LogP contribution in [-0.4, -0.2) is 49.6 Å². The molecular formula is C16H27N3. The van der Waals surface area contributed by atoms with E-state index in [0.29, 0.717) is 0 Å². The molecule has 0 radical (unpaired) electrons. The molecule has 0 bridgehead atoms. The molecule has 0 spiro atoms. The first-order chi connectivity index (χ1) is 9.25. The number of likely N-dealkylation sites (N-methyl/N-ethyl adjacent to an activating group) is 1. The molecular weight excluding hydrogens is 234 g/mol. The van der Waals surface area contributed by atoms with Crippen molar-refractivity contribution in [1.82, 2.24) is 9.80 Å². The first-order valence-electron chi connectivity index (χ1n) is 7.50. The lowest BCUT2D eigenvalue weighted by atomic mass is 10.1. The molecule has 0 aliphatic carbocycles. The number of nitrogens with two attached hydrogens (primary N) is 1. The van der Waals surface area contributed by atoms with E-state index in [9.17, 15) is 0 Å². The lowest BCUT2D eigenvalue weighted by Crippen LogP contribution is -2.32. The Kier molecular flexibility index (Phi) is 5.67. The van der Waals surface area contributed by atoms with Crippen LogP contribution in [0.4, 0.5) is 5.69 Å². The van der Waals surface area contributed by atoms with Gasteiger partial charge in [0.15, 0.2) is 0 Å². The summed E-state index contributed by atoms with van der Waals surface area (Å²) in [7, 11) is 2.23. The van der Waals surface area contributed by atoms with E-state index in [0.717, 1.165) is 18.7 Å². The van der Waals surface area contributed by atoms with Crippen molar-refractivity contribution in [1.29, 1.82) is 0 Å². The first kappa shape index (κ1) is 14.4. The Morgan fingerprint density at radius 1 is 1.16 bits per heavy atom. The fourth-order valence-electron chi connectivity index (χ4n) is 2.73. The van der Waals surface area contributed by atoms with Crippen molar-refractivity contribution in [3.63, 3.8) is 0 Å². The number of aryl methyl sites for hydroxylation is 1. The van der Waals surface area contributed by atoms with Crippen molar-refractivity contribution in [2.24, 2.45) is 0 Å². The topological polar surface area (TPSA) is 32.5 Å². The van der Waals surface area contributed by atoms with E-state index >= 15 is 0 Å². The highest BCUT2D eigenvalue weighted by molar-refractivity contribution is 5.46. The van der Waals surface area contributed by atoms with Crippen molar-refractivity contribution in [3.05, 3.63) is 29.8 Å². The molecule has 3 heteroatoms. The van der Waals surface area contributed by atoms with Gasteiger partial charge in [0.25, 0.3) is 0 Å². The van der Waals surface area contributed by atoms with Gasteiger partial charge in [-0.1, -0.05) is 18.2 Å². The van der Waals surface area contributed by atoms with Gasteiger partial charge >= 0.3 is 0 Å². The smallest absolute Gasteiger partial charge is 0.0346 e. The van der Waals surface area contributed by atoms with Gasteiger partial charge in [0.1, 0.15) is 0 Å². The standard InChI is InChI=1S/C16H27N3/c1-18(13-14-19-11-4-5-12-19)10-6-8-15-7-2-3-9-16(15)17/h2-3,7,9H,4-6,8,10-14,17H2,1H3. The van der Waals surface area contributed by atoms with Gasteiger partial charge in [0, 0.05) is 18.8 Å². The first-order valence-corrected chi connectivity index (χ1v) is 7.50. The molecule has 1 aromatic carbocycles. The van der Waals surface area contributed by atoms with Gasteiger partial charge in [-0.2, -0.15) is 0 Å². The van der Waals surface area contributed by atoms with Crippen LogP contribution in [-0.2, 0) is 6.42 Å². The lowest BCUT2D eigenvalue weighted by Gasteiger charge is -2.21. The average Bonchev–Trinajstić information content (AvgIpc) is 2.92. The van der Waals surface area contributed by atoms with Crippen LogP contribution in [0.5, 0.6) is 0 Å². The van der Waals surface area contributed by atoms with Crippen LogP contribution >= 0.6 is 0 Å². The van der Waals surface area contributed by atoms with Crippen molar-refractivity contribution < 1.29 is 0 Å². The Labute approximate surface area is 117 Å². The van der Waals surface area contributed by atoms with Crippen LogP contribution in [0, 0.1) is 0 Å². The molecule has 0 amide bonds. The van der Waals surface area contributed by atoms with Gasteiger partial charge in [-0.15, -0.1) is 0 Å². The van der Waals surface area contributed by atoms with Crippen LogP contribution in [0.2, 0.25) is 0 Å². The Balaban J connectivity index is 1.61. The summed E-state index contributed by atoms with van der Waals surface area (Å²) < 4.78 is 0. The normalized spacial score (nSPS) is 16.3. The minimum absolute atomic E-state index is 0.933. The number of hydrogen-bond acceptors (Lipinski definition) is 3. The summed E-state index contributed by atoms with van der Waals surface area (Å²) in [6.45, 7) is 6.17. The Morgan fingerprint density at radius 2 is 1.89 bits per heavy atom. The molecule has 2 rings (SSSR count). The van der Waals surface area contributed by atoms with Crippen molar-refractivity contribution in [3.8, 4) is 0 Å². The van der Waals surface area contributed by atoms with Crippen molar-refractivity contribution >= 4 is 5.69 Å². The predicted octanol–water partition coefficient (Wildman–Crippen LogP) is 2.23. The number of nitrogen functional groups attached to an aromatic ring is 1. The van der Waals surface area contributed by atoms with Crippen LogP contribution < -0.4 is 5.73 Å². The summed E-state index contributed by atoms with van der Waals surface area (Å²) in [5.74, 6) is 0. The second-order valence-corrected chi connectivity index (χ2v) is 5.65. The molecule has 1 aliphatic heterocycles. The highest BCUT2D eigenvalue weighted by atomic mass is 15.2. The molecule has 0 saturated carbocycles. The molecule has 1 aliphatic rings. The van der Waals surface area contributed by atoms with Crippen LogP contribution in [0.3, 0.4) is 0 Å². The number of hydrogen-bond donors (Lipinski definition) is 1. The summed E-state index contributed by atoms with van der Waals surface area (Å²) in [4.78, 5) is 5.02. The van der Waals surface area contributed by atoms with E-state index in [1.165, 1.54) is 51.0 Å². The monoisotopic (exact) mass is 261 g/mol. The second kappa shape index (κ2) is 7.51. The summed E-state index contributed by atoms with van der Waals surface area (Å²) in [6.07, 6.45) is 5.04. The largest absolute Gasteiger partial charge is 0.399 e. The highest BCUT2D eigenvalue weighted by Crippen LogP contribution is 2.12. The van der Waals surface area contributed by atoms with E-state index in [2.05, 4.69) is 29.0 Å². The van der Waals surface area contributed by atoms with Gasteiger partial charge in [0.05, 0.1) is 0 Å². The lowest BCUT2D eigenvalue weighted by molar-refractivity contribution is 0.255. The minimum Gasteiger partial charge on any atom is -0.399 e. The zero-order valence-electron chi connectivity index (χ0n) is 12.1. The molecule has 106 valence electrons. The van der Waals surface area contributed by atoms with E-state index < -0.39 is 0 Å². The molecule has 3 nitrogen and oxygen atoms in total. The predicted molar refractivity (Wildman–Crippen MR) is 82.3 cm³/mol. The molecule has 1 fully saturated rings. The molecule has 1 heterocycles. The molecule has 2 N–H and O–H groups in total. The molecule has 0 aromatic heterocycles. The SMILES string of the molecule is CN(CCCc1ccccc1N)CCN1CCCC1. The second-order valence-electron chi connectivity index (χ2n) is 5.65. The number of rotatable bonds is 7. The van der Waals surface area contributed by atoms with Gasteiger partial charge < -0.3 is 15.5 Å². The summed E-state index contributed by atoms with van der Waals surface area (Å²) in [5.41, 5.74) is 8.18. The van der Waals surface area contributed by atoms with Crippen LogP contribution in [0.15, 0.2) is 24.3 Å². The van der Waals surface area contributed by atoms with Gasteiger partial charge in [-0.3, -0.25) is 0 Å². The maximum absolute atomic E-state index is 5.96. The third-order valence-corrected chi connectivity index (χ3v) is 4.04. The number of benzene rings is 1. The van der Waals surface area contributed by atoms with Gasteiger partial charge in [0.2, 0.25) is 0 Å². The molecule has 0 atom stereocenters. The van der Waals surface area contributed by atoms with Crippen molar-refractivity contribution in [2.75, 3.05) is 45.5 Å². The molecule has 0 unspecified atom stereocenters. The Hall–Kier alpha value is -1.06. The number of anilines is 1. The van der Waals surface area contributed by atoms with E-state index in [1.807, 2.05) is 12.1 Å². The Bertz CT molecular complexity index is 372. The zero-order valence-corrected chi connectivity index (χ0v) is 12.1. The van der Waals surface area contributed by atoms with Gasteiger partial charge in [-0.25, -0.2) is 0 Å². The quantitative estimate of drug-likeness (QED) is 0.764. The van der Waals surface area contributed by atoms with E-state index in [1.54, 1.807) is 0 Å². The number of nitrogens with zero attached hydrogens (tertiary/aromatic N) is 2. The average molecular weight is 261 g/mol. The maximum Gasteiger partial charge on any atom is 0.0346 e. The fraction of sp³-hybridized carbons (Fsp3) is 0.625. The zero-order chi connectivity index (χ0) is 13.5. The minimum atomic E-state index is 0.933. The van der Waals surface area contributed by atoms with E-state index in [4.69, 9.17) is 5.73 Å². The third kappa shape index (κ3) is 4.84. The maximum atomic E-state index is 5.96. The third-order valence-electron chi connectivity index (χ3n) is 4.04. The number of likely N-dealkylation sites (tertiary alicyclic amines) is 1. The van der Waals surface area contributed by atoms with Crippen LogP contribution in [0.1, 0.15) is 24.8 Å². The number of para-hydroxylation sites is 1. The van der Waals surface area contributed by atoms with Gasteiger partial charge in [-0.05, 0) is 64.0 Å². The van der Waals surface area contributed by atoms with Crippen molar-refractivity contribution in [2.45, 2.75) is 25.7 Å². The van der Waals surface area contributed by atoms with E-state index in [-0.39, 0.29) is 0 Å². The van der Waals surface area contributed by atoms with Crippen LogP contribution in [0.25, 0.3) is 0 Å². The highest BCUT2D eigenvalue weighted by Gasteiger charge is 2.11. The molecule has 19 heavy (non-hydrogen) atoms. The molecule has 1 aromatic rings. The summed E-state index contributed by atoms with van der Waals surface area (Å²) in [6, 6.07) is 8.20.